The lowest BCUT2D eigenvalue weighted by molar-refractivity contribution is 0.373. The van der Waals surface area contributed by atoms with Gasteiger partial charge in [-0.05, 0) is 35.4 Å². The fraction of sp³-hybridized carbons (Fsp3) is 0.143. The minimum atomic E-state index is 0.112. The molecule has 4 heteroatoms. The minimum Gasteiger partial charge on any atom is -0.504 e. The highest BCUT2D eigenvalue weighted by atomic mass is 35.5. The van der Waals surface area contributed by atoms with E-state index in [1.165, 1.54) is 7.11 Å². The van der Waals surface area contributed by atoms with Crippen LogP contribution in [0.5, 0.6) is 17.2 Å². The van der Waals surface area contributed by atoms with E-state index in [0.717, 1.165) is 11.1 Å². The summed E-state index contributed by atoms with van der Waals surface area (Å²) in [5.41, 5.74) is 1.84. The molecule has 2 aromatic carbocycles. The lowest BCUT2D eigenvalue weighted by Gasteiger charge is -2.09. The molecule has 0 aliphatic rings. The molecule has 1 N–H and O–H groups in total. The first kappa shape index (κ1) is 12.6. The highest BCUT2D eigenvalue weighted by molar-refractivity contribution is 6.32. The fourth-order valence-electron chi connectivity index (χ4n) is 1.70. The Balaban J connectivity index is 2.45. The molecule has 0 amide bonds. The number of methoxy groups -OCH3 is 2. The largest absolute Gasteiger partial charge is 0.504 e. The van der Waals surface area contributed by atoms with Crippen LogP contribution in [0.2, 0.25) is 5.02 Å². The van der Waals surface area contributed by atoms with E-state index < -0.39 is 0 Å². The number of hydrogen-bond donors (Lipinski definition) is 1. The maximum absolute atomic E-state index is 9.55. The van der Waals surface area contributed by atoms with Crippen LogP contribution in [0.3, 0.4) is 0 Å². The van der Waals surface area contributed by atoms with E-state index in [1.54, 1.807) is 31.4 Å². The number of benzene rings is 2. The molecule has 0 saturated heterocycles. The normalized spacial score (nSPS) is 10.2. The Morgan fingerprint density at radius 1 is 0.889 bits per heavy atom. The second kappa shape index (κ2) is 5.19. The number of hydrogen-bond acceptors (Lipinski definition) is 3. The topological polar surface area (TPSA) is 38.7 Å². The Kier molecular flexibility index (Phi) is 3.63. The van der Waals surface area contributed by atoms with Crippen LogP contribution in [0, 0.1) is 0 Å². The maximum atomic E-state index is 9.55. The van der Waals surface area contributed by atoms with E-state index in [4.69, 9.17) is 21.1 Å². The zero-order valence-corrected chi connectivity index (χ0v) is 10.9. The molecule has 0 heterocycles. The average molecular weight is 265 g/mol. The third-order valence-corrected chi connectivity index (χ3v) is 2.96. The SMILES string of the molecule is COc1cc(-c2ccc(OC)c(Cl)c2)ccc1O. The van der Waals surface area contributed by atoms with E-state index in [1.807, 2.05) is 12.1 Å². The van der Waals surface area contributed by atoms with Gasteiger partial charge in [-0.3, -0.25) is 0 Å². The standard InChI is InChI=1S/C14H13ClO3/c1-17-13-6-4-9(7-11(13)15)10-3-5-12(16)14(8-10)18-2/h3-8,16H,1-2H3. The molecule has 2 aromatic rings. The number of halogens is 1. The van der Waals surface area contributed by atoms with Gasteiger partial charge in [-0.25, -0.2) is 0 Å². The molecule has 0 aliphatic carbocycles. The van der Waals surface area contributed by atoms with E-state index >= 15 is 0 Å². The van der Waals surface area contributed by atoms with Crippen LogP contribution < -0.4 is 9.47 Å². The maximum Gasteiger partial charge on any atom is 0.161 e. The monoisotopic (exact) mass is 264 g/mol. The van der Waals surface area contributed by atoms with Crippen LogP contribution >= 0.6 is 11.6 Å². The van der Waals surface area contributed by atoms with Crippen molar-refractivity contribution in [1.29, 1.82) is 0 Å². The molecule has 0 atom stereocenters. The zero-order chi connectivity index (χ0) is 13.1. The first-order chi connectivity index (χ1) is 8.65. The summed E-state index contributed by atoms with van der Waals surface area (Å²) in [5.74, 6) is 1.17. The van der Waals surface area contributed by atoms with E-state index in [9.17, 15) is 5.11 Å². The van der Waals surface area contributed by atoms with Gasteiger partial charge in [-0.1, -0.05) is 23.7 Å². The molecule has 0 aliphatic heterocycles. The van der Waals surface area contributed by atoms with Crippen molar-refractivity contribution in [3.05, 3.63) is 41.4 Å². The van der Waals surface area contributed by atoms with Gasteiger partial charge in [0, 0.05) is 0 Å². The molecule has 0 fully saturated rings. The minimum absolute atomic E-state index is 0.112. The molecule has 94 valence electrons. The summed E-state index contributed by atoms with van der Waals surface area (Å²) in [4.78, 5) is 0. The van der Waals surface area contributed by atoms with Crippen molar-refractivity contribution in [2.24, 2.45) is 0 Å². The molecular formula is C14H13ClO3. The van der Waals surface area contributed by atoms with Gasteiger partial charge in [-0.15, -0.1) is 0 Å². The molecule has 0 bridgehead atoms. The Labute approximate surface area is 111 Å². The van der Waals surface area contributed by atoms with Gasteiger partial charge >= 0.3 is 0 Å². The summed E-state index contributed by atoms with van der Waals surface area (Å²) in [6.07, 6.45) is 0. The summed E-state index contributed by atoms with van der Waals surface area (Å²) in [7, 11) is 3.09. The van der Waals surface area contributed by atoms with Crippen LogP contribution in [0.4, 0.5) is 0 Å². The summed E-state index contributed by atoms with van der Waals surface area (Å²) in [5, 5.41) is 10.1. The Morgan fingerprint density at radius 3 is 2.11 bits per heavy atom. The lowest BCUT2D eigenvalue weighted by atomic mass is 10.0. The molecule has 0 spiro atoms. The number of aromatic hydroxyl groups is 1. The third kappa shape index (κ3) is 2.36. The fourth-order valence-corrected chi connectivity index (χ4v) is 1.96. The Hall–Kier alpha value is -1.87. The Bertz CT molecular complexity index is 567. The van der Waals surface area contributed by atoms with Crippen LogP contribution in [0.1, 0.15) is 0 Å². The molecule has 3 nitrogen and oxygen atoms in total. The van der Waals surface area contributed by atoms with Crippen molar-refractivity contribution < 1.29 is 14.6 Å². The summed E-state index contributed by atoms with van der Waals surface area (Å²) >= 11 is 6.08. The summed E-state index contributed by atoms with van der Waals surface area (Å²) in [6.45, 7) is 0. The third-order valence-electron chi connectivity index (χ3n) is 2.66. The quantitative estimate of drug-likeness (QED) is 0.918. The van der Waals surface area contributed by atoms with Gasteiger partial charge in [0.2, 0.25) is 0 Å². The molecular weight excluding hydrogens is 252 g/mol. The average Bonchev–Trinajstić information content (AvgIpc) is 2.39. The Morgan fingerprint density at radius 2 is 1.50 bits per heavy atom. The highest BCUT2D eigenvalue weighted by Gasteiger charge is 2.07. The predicted molar refractivity (Wildman–Crippen MR) is 71.7 cm³/mol. The second-order valence-electron chi connectivity index (χ2n) is 3.74. The van der Waals surface area contributed by atoms with Gasteiger partial charge in [0.1, 0.15) is 5.75 Å². The van der Waals surface area contributed by atoms with Crippen molar-refractivity contribution in [1.82, 2.24) is 0 Å². The zero-order valence-electron chi connectivity index (χ0n) is 10.1. The number of phenols is 1. The number of rotatable bonds is 3. The number of phenolic OH excluding ortho intramolecular Hbond substituents is 1. The summed E-state index contributed by atoms with van der Waals surface area (Å²) < 4.78 is 10.2. The van der Waals surface area contributed by atoms with E-state index in [0.29, 0.717) is 16.5 Å². The van der Waals surface area contributed by atoms with Crippen molar-refractivity contribution >= 4 is 11.6 Å². The van der Waals surface area contributed by atoms with Gasteiger partial charge in [0.05, 0.1) is 19.2 Å². The van der Waals surface area contributed by atoms with Crippen LogP contribution in [0.25, 0.3) is 11.1 Å². The smallest absolute Gasteiger partial charge is 0.161 e. The van der Waals surface area contributed by atoms with Crippen molar-refractivity contribution in [2.75, 3.05) is 14.2 Å². The molecule has 0 unspecified atom stereocenters. The van der Waals surface area contributed by atoms with E-state index in [-0.39, 0.29) is 5.75 Å². The van der Waals surface area contributed by atoms with Crippen molar-refractivity contribution in [2.45, 2.75) is 0 Å². The molecule has 0 saturated carbocycles. The first-order valence-corrected chi connectivity index (χ1v) is 5.74. The van der Waals surface area contributed by atoms with Gasteiger partial charge in [0.25, 0.3) is 0 Å². The molecule has 2 rings (SSSR count). The first-order valence-electron chi connectivity index (χ1n) is 5.36. The van der Waals surface area contributed by atoms with Gasteiger partial charge in [-0.2, -0.15) is 0 Å². The van der Waals surface area contributed by atoms with Crippen molar-refractivity contribution in [3.8, 4) is 28.4 Å². The van der Waals surface area contributed by atoms with Crippen LogP contribution in [-0.2, 0) is 0 Å². The van der Waals surface area contributed by atoms with Crippen LogP contribution in [0.15, 0.2) is 36.4 Å². The van der Waals surface area contributed by atoms with Gasteiger partial charge < -0.3 is 14.6 Å². The van der Waals surface area contributed by atoms with Crippen molar-refractivity contribution in [3.63, 3.8) is 0 Å². The molecule has 0 aromatic heterocycles. The van der Waals surface area contributed by atoms with E-state index in [2.05, 4.69) is 0 Å². The second-order valence-corrected chi connectivity index (χ2v) is 4.14. The molecule has 18 heavy (non-hydrogen) atoms. The highest BCUT2D eigenvalue weighted by Crippen LogP contribution is 2.34. The number of ether oxygens (including phenoxy) is 2. The predicted octanol–water partition coefficient (Wildman–Crippen LogP) is 3.73. The van der Waals surface area contributed by atoms with Crippen LogP contribution in [-0.4, -0.2) is 19.3 Å². The lowest BCUT2D eigenvalue weighted by Crippen LogP contribution is -1.87. The molecule has 0 radical (unpaired) electrons. The van der Waals surface area contributed by atoms with Gasteiger partial charge in [0.15, 0.2) is 11.5 Å². The summed E-state index contributed by atoms with van der Waals surface area (Å²) in [6, 6.07) is 10.7.